The van der Waals surface area contributed by atoms with Gasteiger partial charge in [-0.3, -0.25) is 0 Å². The van der Waals surface area contributed by atoms with Gasteiger partial charge >= 0.3 is 0 Å². The van der Waals surface area contributed by atoms with Gasteiger partial charge in [0, 0.05) is 10.5 Å². The molecule has 0 aliphatic rings. The largest absolute Gasteiger partial charge is 0.327 e. The Bertz CT molecular complexity index is 610. The topological polar surface area (TPSA) is 26.0 Å². The van der Waals surface area contributed by atoms with Crippen molar-refractivity contribution in [1.82, 2.24) is 0 Å². The van der Waals surface area contributed by atoms with Gasteiger partial charge < -0.3 is 5.73 Å². The number of nitrogens with two attached hydrogens (primary N) is 1. The fraction of sp³-hybridized carbons (Fsp3) is 0.294. The van der Waals surface area contributed by atoms with E-state index in [0.29, 0.717) is 12.0 Å². The molecule has 1 nitrogen and oxygen atoms in total. The zero-order valence-corrected chi connectivity index (χ0v) is 13.4. The van der Waals surface area contributed by atoms with E-state index >= 15 is 0 Å². The number of hydrogen-bond acceptors (Lipinski definition) is 1. The number of hydrogen-bond donors (Lipinski definition) is 1. The molecule has 2 N–H and O–H groups in total. The lowest BCUT2D eigenvalue weighted by molar-refractivity contribution is 0.583. The minimum atomic E-state index is -0.199. The van der Waals surface area contributed by atoms with E-state index in [4.69, 9.17) is 5.73 Å². The number of aryl methyl sites for hydroxylation is 2. The summed E-state index contributed by atoms with van der Waals surface area (Å²) in [5.74, 6) is -0.199. The molecule has 0 aromatic heterocycles. The highest BCUT2D eigenvalue weighted by Gasteiger charge is 2.10. The van der Waals surface area contributed by atoms with Crippen LogP contribution in [0.2, 0.25) is 0 Å². The molecule has 0 amide bonds. The Hall–Kier alpha value is -1.19. The predicted octanol–water partition coefficient (Wildman–Crippen LogP) is 4.32. The molecule has 0 aliphatic carbocycles. The quantitative estimate of drug-likeness (QED) is 0.884. The second kappa shape index (κ2) is 6.51. The van der Waals surface area contributed by atoms with Gasteiger partial charge in [-0.05, 0) is 61.1 Å². The van der Waals surface area contributed by atoms with Crippen molar-refractivity contribution in [1.29, 1.82) is 0 Å². The Morgan fingerprint density at radius 1 is 1.05 bits per heavy atom. The average molecular weight is 336 g/mol. The van der Waals surface area contributed by atoms with Crippen molar-refractivity contribution in [2.24, 2.45) is 5.73 Å². The first-order valence-corrected chi connectivity index (χ1v) is 7.50. The summed E-state index contributed by atoms with van der Waals surface area (Å²) in [6.07, 6.45) is 1.31. The van der Waals surface area contributed by atoms with Gasteiger partial charge in [0.25, 0.3) is 0 Å². The second-order valence-electron chi connectivity index (χ2n) is 5.32. The average Bonchev–Trinajstić information content (AvgIpc) is 2.37. The lowest BCUT2D eigenvalue weighted by Gasteiger charge is -2.13. The smallest absolute Gasteiger partial charge is 0.127 e. The molecular weight excluding hydrogens is 317 g/mol. The summed E-state index contributed by atoms with van der Waals surface area (Å²) in [6.45, 7) is 4.19. The maximum absolute atomic E-state index is 13.8. The van der Waals surface area contributed by atoms with Crippen LogP contribution in [0.15, 0.2) is 40.9 Å². The van der Waals surface area contributed by atoms with Gasteiger partial charge in [-0.15, -0.1) is 0 Å². The highest BCUT2D eigenvalue weighted by molar-refractivity contribution is 9.10. The van der Waals surface area contributed by atoms with Crippen LogP contribution in [-0.4, -0.2) is 6.04 Å². The minimum Gasteiger partial charge on any atom is -0.327 e. The standard InChI is InChI=1S/C17H19BrFN/c1-11-3-4-13(7-12(11)2)8-16(20)9-14-5-6-15(18)10-17(14)19/h3-7,10,16H,8-9,20H2,1-2H3. The van der Waals surface area contributed by atoms with Crippen molar-refractivity contribution >= 4 is 15.9 Å². The first-order chi connectivity index (χ1) is 9.45. The van der Waals surface area contributed by atoms with Gasteiger partial charge in [0.2, 0.25) is 0 Å². The molecule has 0 spiro atoms. The van der Waals surface area contributed by atoms with E-state index in [1.54, 1.807) is 6.07 Å². The molecule has 2 aromatic carbocycles. The van der Waals surface area contributed by atoms with E-state index < -0.39 is 0 Å². The van der Waals surface area contributed by atoms with Crippen molar-refractivity contribution in [3.8, 4) is 0 Å². The number of benzene rings is 2. The van der Waals surface area contributed by atoms with Crippen LogP contribution in [0, 0.1) is 19.7 Å². The van der Waals surface area contributed by atoms with Crippen LogP contribution in [0.3, 0.4) is 0 Å². The highest BCUT2D eigenvalue weighted by atomic mass is 79.9. The first kappa shape index (κ1) is 15.2. The SMILES string of the molecule is Cc1ccc(CC(N)Cc2ccc(Br)cc2F)cc1C. The van der Waals surface area contributed by atoms with Gasteiger partial charge in [-0.1, -0.05) is 40.2 Å². The van der Waals surface area contributed by atoms with Crippen LogP contribution in [0.4, 0.5) is 4.39 Å². The summed E-state index contributed by atoms with van der Waals surface area (Å²) in [4.78, 5) is 0. The lowest BCUT2D eigenvalue weighted by Crippen LogP contribution is -2.26. The fourth-order valence-corrected chi connectivity index (χ4v) is 2.61. The molecule has 0 saturated heterocycles. The highest BCUT2D eigenvalue weighted by Crippen LogP contribution is 2.18. The van der Waals surface area contributed by atoms with E-state index in [1.807, 2.05) is 6.07 Å². The molecule has 1 unspecified atom stereocenters. The van der Waals surface area contributed by atoms with Gasteiger partial charge in [-0.25, -0.2) is 4.39 Å². The normalized spacial score (nSPS) is 12.4. The summed E-state index contributed by atoms with van der Waals surface area (Å²) in [7, 11) is 0. The molecule has 3 heteroatoms. The van der Waals surface area contributed by atoms with Crippen LogP contribution in [-0.2, 0) is 12.8 Å². The summed E-state index contributed by atoms with van der Waals surface area (Å²) in [6, 6.07) is 11.4. The number of halogens is 2. The Labute approximate surface area is 128 Å². The molecule has 0 heterocycles. The van der Waals surface area contributed by atoms with E-state index in [9.17, 15) is 4.39 Å². The molecule has 2 rings (SSSR count). The monoisotopic (exact) mass is 335 g/mol. The third kappa shape index (κ3) is 3.90. The van der Waals surface area contributed by atoms with E-state index in [1.165, 1.54) is 22.8 Å². The van der Waals surface area contributed by atoms with Crippen molar-refractivity contribution < 1.29 is 4.39 Å². The molecule has 0 radical (unpaired) electrons. The van der Waals surface area contributed by atoms with Crippen molar-refractivity contribution in [3.63, 3.8) is 0 Å². The van der Waals surface area contributed by atoms with Crippen LogP contribution in [0.1, 0.15) is 22.3 Å². The Kier molecular flexibility index (Phi) is 4.95. The van der Waals surface area contributed by atoms with Crippen LogP contribution in [0.25, 0.3) is 0 Å². The van der Waals surface area contributed by atoms with Gasteiger partial charge in [0.15, 0.2) is 0 Å². The molecule has 1 atom stereocenters. The van der Waals surface area contributed by atoms with Gasteiger partial charge in [-0.2, -0.15) is 0 Å². The molecular formula is C17H19BrFN. The third-order valence-corrected chi connectivity index (χ3v) is 4.06. The summed E-state index contributed by atoms with van der Waals surface area (Å²) in [5, 5.41) is 0. The van der Waals surface area contributed by atoms with Crippen LogP contribution in [0.5, 0.6) is 0 Å². The molecule has 106 valence electrons. The summed E-state index contributed by atoms with van der Waals surface area (Å²) < 4.78 is 14.5. The maximum atomic E-state index is 13.8. The molecule has 2 aromatic rings. The molecule has 0 aliphatic heterocycles. The molecule has 20 heavy (non-hydrogen) atoms. The first-order valence-electron chi connectivity index (χ1n) is 6.71. The minimum absolute atomic E-state index is 0.0761. The Morgan fingerprint density at radius 2 is 1.80 bits per heavy atom. The predicted molar refractivity (Wildman–Crippen MR) is 85.4 cm³/mol. The lowest BCUT2D eigenvalue weighted by atomic mass is 9.97. The fourth-order valence-electron chi connectivity index (χ4n) is 2.28. The van der Waals surface area contributed by atoms with E-state index in [0.717, 1.165) is 10.9 Å². The number of rotatable bonds is 4. The Morgan fingerprint density at radius 3 is 2.45 bits per heavy atom. The molecule has 0 fully saturated rings. The second-order valence-corrected chi connectivity index (χ2v) is 6.24. The van der Waals surface area contributed by atoms with Gasteiger partial charge in [0.1, 0.15) is 5.82 Å². The summed E-state index contributed by atoms with van der Waals surface area (Å²) in [5.41, 5.74) is 10.6. The van der Waals surface area contributed by atoms with Crippen molar-refractivity contribution in [2.45, 2.75) is 32.7 Å². The van der Waals surface area contributed by atoms with E-state index in [2.05, 4.69) is 48.0 Å². The van der Waals surface area contributed by atoms with Gasteiger partial charge in [0.05, 0.1) is 0 Å². The molecule has 0 saturated carbocycles. The van der Waals surface area contributed by atoms with Crippen LogP contribution >= 0.6 is 15.9 Å². The zero-order chi connectivity index (χ0) is 14.7. The maximum Gasteiger partial charge on any atom is 0.127 e. The Balaban J connectivity index is 2.04. The zero-order valence-electron chi connectivity index (χ0n) is 11.8. The summed E-state index contributed by atoms with van der Waals surface area (Å²) >= 11 is 3.26. The van der Waals surface area contributed by atoms with Crippen LogP contribution < -0.4 is 5.73 Å². The van der Waals surface area contributed by atoms with E-state index in [-0.39, 0.29) is 11.9 Å². The molecule has 0 bridgehead atoms. The van der Waals surface area contributed by atoms with Crippen molar-refractivity contribution in [2.75, 3.05) is 0 Å². The van der Waals surface area contributed by atoms with Crippen molar-refractivity contribution in [3.05, 3.63) is 68.9 Å². The third-order valence-electron chi connectivity index (χ3n) is 3.57.